The number of aromatic amines is 1. The Bertz CT molecular complexity index is 653. The van der Waals surface area contributed by atoms with Crippen LogP contribution in [-0.2, 0) is 0 Å². The number of carbonyl (C=O) groups is 1. The minimum absolute atomic E-state index is 0.285. The van der Waals surface area contributed by atoms with E-state index in [0.29, 0.717) is 0 Å². The summed E-state index contributed by atoms with van der Waals surface area (Å²) in [5, 5.41) is 8.87. The Labute approximate surface area is 99.7 Å². The number of ether oxygens (including phenoxy) is 1. The monoisotopic (exact) mass is 250 g/mol. The fourth-order valence-corrected chi connectivity index (χ4v) is 1.31. The molecule has 0 fully saturated rings. The predicted octanol–water partition coefficient (Wildman–Crippen LogP) is 1.40. The van der Waals surface area contributed by atoms with E-state index in [1.165, 1.54) is 24.5 Å². The summed E-state index contributed by atoms with van der Waals surface area (Å²) in [6.07, 6.45) is 2.55. The highest BCUT2D eigenvalue weighted by Crippen LogP contribution is 2.24. The van der Waals surface area contributed by atoms with Crippen LogP contribution in [0, 0.1) is 5.82 Å². The smallest absolute Gasteiger partial charge is 0.342 e. The lowest BCUT2D eigenvalue weighted by Crippen LogP contribution is -2.11. The van der Waals surface area contributed by atoms with Gasteiger partial charge >= 0.3 is 11.5 Å². The molecule has 0 saturated carbocycles. The molecule has 0 amide bonds. The molecule has 0 aliphatic rings. The van der Waals surface area contributed by atoms with Gasteiger partial charge in [0.15, 0.2) is 0 Å². The molecule has 0 aliphatic heterocycles. The molecule has 0 bridgehead atoms. The minimum atomic E-state index is -1.49. The molecule has 18 heavy (non-hydrogen) atoms. The van der Waals surface area contributed by atoms with Crippen molar-refractivity contribution in [3.05, 3.63) is 52.3 Å². The topological polar surface area (TPSA) is 92.3 Å². The van der Waals surface area contributed by atoms with Crippen LogP contribution in [0.2, 0.25) is 0 Å². The average molecular weight is 250 g/mol. The van der Waals surface area contributed by atoms with Gasteiger partial charge in [0.25, 0.3) is 5.88 Å². The van der Waals surface area contributed by atoms with E-state index in [9.17, 15) is 14.0 Å². The molecule has 6 nitrogen and oxygen atoms in total. The normalized spacial score (nSPS) is 10.1. The summed E-state index contributed by atoms with van der Waals surface area (Å²) in [5.41, 5.74) is -1.29. The van der Waals surface area contributed by atoms with Crippen molar-refractivity contribution in [2.45, 2.75) is 0 Å². The van der Waals surface area contributed by atoms with Crippen LogP contribution < -0.4 is 10.3 Å². The SMILES string of the molecule is O=C(O)c1c(F)cccc1Oc1ncc[nH]c1=O. The van der Waals surface area contributed by atoms with Gasteiger partial charge in [0.2, 0.25) is 0 Å². The zero-order valence-corrected chi connectivity index (χ0v) is 8.88. The Balaban J connectivity index is 2.47. The zero-order chi connectivity index (χ0) is 13.1. The third kappa shape index (κ3) is 2.19. The van der Waals surface area contributed by atoms with Crippen molar-refractivity contribution in [1.29, 1.82) is 0 Å². The lowest BCUT2D eigenvalue weighted by atomic mass is 10.2. The molecule has 0 atom stereocenters. The largest absolute Gasteiger partial charge is 0.477 e. The van der Waals surface area contributed by atoms with Gasteiger partial charge < -0.3 is 14.8 Å². The summed E-state index contributed by atoms with van der Waals surface area (Å²) in [6.45, 7) is 0. The summed E-state index contributed by atoms with van der Waals surface area (Å²) in [7, 11) is 0. The zero-order valence-electron chi connectivity index (χ0n) is 8.88. The number of aromatic nitrogens is 2. The van der Waals surface area contributed by atoms with Crippen LogP contribution in [0.5, 0.6) is 11.6 Å². The fourth-order valence-electron chi connectivity index (χ4n) is 1.31. The number of aromatic carboxylic acids is 1. The summed E-state index contributed by atoms with van der Waals surface area (Å²) in [4.78, 5) is 28.1. The molecular weight excluding hydrogens is 243 g/mol. The third-order valence-electron chi connectivity index (χ3n) is 2.07. The van der Waals surface area contributed by atoms with Crippen LogP contribution in [-0.4, -0.2) is 21.0 Å². The van der Waals surface area contributed by atoms with E-state index in [-0.39, 0.29) is 11.6 Å². The molecule has 0 unspecified atom stereocenters. The van der Waals surface area contributed by atoms with Gasteiger partial charge in [-0.1, -0.05) is 6.07 Å². The minimum Gasteiger partial charge on any atom is -0.477 e. The standard InChI is InChI=1S/C11H7FN2O4/c12-6-2-1-3-7(8(6)11(16)17)18-10-9(15)13-4-5-14-10/h1-5H,(H,13,15)(H,16,17). The summed E-state index contributed by atoms with van der Waals surface area (Å²) < 4.78 is 18.3. The second-order valence-corrected chi connectivity index (χ2v) is 3.24. The molecule has 2 rings (SSSR count). The van der Waals surface area contributed by atoms with E-state index in [2.05, 4.69) is 9.97 Å². The Hall–Kier alpha value is -2.70. The molecule has 2 aromatic rings. The Kier molecular flexibility index (Phi) is 3.05. The van der Waals surface area contributed by atoms with Crippen LogP contribution in [0.25, 0.3) is 0 Å². The molecule has 1 heterocycles. The highest BCUT2D eigenvalue weighted by molar-refractivity contribution is 5.91. The van der Waals surface area contributed by atoms with Crippen molar-refractivity contribution in [2.24, 2.45) is 0 Å². The predicted molar refractivity (Wildman–Crippen MR) is 58.3 cm³/mol. The Morgan fingerprint density at radius 1 is 1.44 bits per heavy atom. The molecule has 7 heteroatoms. The Morgan fingerprint density at radius 3 is 2.89 bits per heavy atom. The van der Waals surface area contributed by atoms with Gasteiger partial charge in [-0.05, 0) is 12.1 Å². The first-order valence-electron chi connectivity index (χ1n) is 4.83. The summed E-state index contributed by atoms with van der Waals surface area (Å²) >= 11 is 0. The molecule has 0 saturated heterocycles. The number of H-pyrrole nitrogens is 1. The van der Waals surface area contributed by atoms with E-state index in [1.807, 2.05) is 0 Å². The maximum Gasteiger partial charge on any atom is 0.342 e. The third-order valence-corrected chi connectivity index (χ3v) is 2.07. The van der Waals surface area contributed by atoms with E-state index in [4.69, 9.17) is 9.84 Å². The number of hydrogen-bond acceptors (Lipinski definition) is 4. The number of nitrogens with zero attached hydrogens (tertiary/aromatic N) is 1. The van der Waals surface area contributed by atoms with Crippen LogP contribution in [0.3, 0.4) is 0 Å². The van der Waals surface area contributed by atoms with E-state index >= 15 is 0 Å². The van der Waals surface area contributed by atoms with Crippen LogP contribution in [0.1, 0.15) is 10.4 Å². The maximum absolute atomic E-state index is 13.3. The molecule has 92 valence electrons. The number of halogens is 1. The first-order valence-corrected chi connectivity index (χ1v) is 4.83. The van der Waals surface area contributed by atoms with E-state index < -0.39 is 22.9 Å². The van der Waals surface area contributed by atoms with E-state index in [1.54, 1.807) is 0 Å². The highest BCUT2D eigenvalue weighted by atomic mass is 19.1. The molecule has 1 aromatic carbocycles. The first-order chi connectivity index (χ1) is 8.59. The van der Waals surface area contributed by atoms with Crippen LogP contribution in [0.15, 0.2) is 35.4 Å². The number of carboxylic acids is 1. The van der Waals surface area contributed by atoms with Gasteiger partial charge in [0.1, 0.15) is 17.1 Å². The first kappa shape index (κ1) is 11.8. The summed E-state index contributed by atoms with van der Waals surface area (Å²) in [6, 6.07) is 3.49. The maximum atomic E-state index is 13.3. The number of benzene rings is 1. The van der Waals surface area contributed by atoms with Gasteiger partial charge in [0, 0.05) is 12.4 Å². The Morgan fingerprint density at radius 2 is 2.22 bits per heavy atom. The van der Waals surface area contributed by atoms with Crippen molar-refractivity contribution >= 4 is 5.97 Å². The summed E-state index contributed by atoms with van der Waals surface area (Å²) in [5.74, 6) is -3.08. The molecular formula is C11H7FN2O4. The quantitative estimate of drug-likeness (QED) is 0.858. The van der Waals surface area contributed by atoms with Crippen molar-refractivity contribution in [3.63, 3.8) is 0 Å². The number of rotatable bonds is 3. The lowest BCUT2D eigenvalue weighted by Gasteiger charge is -2.07. The van der Waals surface area contributed by atoms with E-state index in [0.717, 1.165) is 6.07 Å². The molecule has 0 aliphatic carbocycles. The molecule has 2 N–H and O–H groups in total. The molecule has 0 spiro atoms. The molecule has 0 radical (unpaired) electrons. The van der Waals surface area contributed by atoms with Crippen LogP contribution >= 0.6 is 0 Å². The number of carboxylic acid groups (broad SMARTS) is 1. The van der Waals surface area contributed by atoms with Crippen molar-refractivity contribution in [3.8, 4) is 11.6 Å². The lowest BCUT2D eigenvalue weighted by molar-refractivity contribution is 0.0689. The van der Waals surface area contributed by atoms with Crippen LogP contribution in [0.4, 0.5) is 4.39 Å². The van der Waals surface area contributed by atoms with Crippen molar-refractivity contribution in [2.75, 3.05) is 0 Å². The van der Waals surface area contributed by atoms with Crippen molar-refractivity contribution in [1.82, 2.24) is 9.97 Å². The molecule has 1 aromatic heterocycles. The number of hydrogen-bond donors (Lipinski definition) is 2. The van der Waals surface area contributed by atoms with Gasteiger partial charge in [-0.2, -0.15) is 0 Å². The van der Waals surface area contributed by atoms with Gasteiger partial charge in [-0.15, -0.1) is 0 Å². The second-order valence-electron chi connectivity index (χ2n) is 3.24. The van der Waals surface area contributed by atoms with Crippen molar-refractivity contribution < 1.29 is 19.0 Å². The fraction of sp³-hybridized carbons (Fsp3) is 0. The van der Waals surface area contributed by atoms with Gasteiger partial charge in [-0.25, -0.2) is 14.2 Å². The second kappa shape index (κ2) is 4.66. The number of nitrogens with one attached hydrogen (secondary N) is 1. The van der Waals surface area contributed by atoms with Gasteiger partial charge in [-0.3, -0.25) is 4.79 Å². The van der Waals surface area contributed by atoms with Gasteiger partial charge in [0.05, 0.1) is 0 Å². The highest BCUT2D eigenvalue weighted by Gasteiger charge is 2.18. The average Bonchev–Trinajstić information content (AvgIpc) is 2.31.